The van der Waals surface area contributed by atoms with Gasteiger partial charge in [0.1, 0.15) is 0 Å². The Hall–Kier alpha value is -0.0400. The van der Waals surface area contributed by atoms with Crippen LogP contribution in [0.5, 0.6) is 0 Å². The molecule has 1 nitrogen and oxygen atoms in total. The molecule has 0 aromatic heterocycles. The average molecular weight is 225 g/mol. The van der Waals surface area contributed by atoms with E-state index in [1.54, 1.807) is 0 Å². The van der Waals surface area contributed by atoms with Crippen molar-refractivity contribution in [3.63, 3.8) is 0 Å². The fourth-order valence-electron chi connectivity index (χ4n) is 3.33. The van der Waals surface area contributed by atoms with E-state index in [-0.39, 0.29) is 0 Å². The Morgan fingerprint density at radius 3 is 2.44 bits per heavy atom. The lowest BCUT2D eigenvalue weighted by Crippen LogP contribution is -2.38. The van der Waals surface area contributed by atoms with Gasteiger partial charge in [-0.15, -0.1) is 0 Å². The summed E-state index contributed by atoms with van der Waals surface area (Å²) < 4.78 is 0. The second kappa shape index (κ2) is 6.64. The molecule has 1 aliphatic carbocycles. The third kappa shape index (κ3) is 4.08. The van der Waals surface area contributed by atoms with Crippen LogP contribution in [0.3, 0.4) is 0 Å². The van der Waals surface area contributed by atoms with Gasteiger partial charge in [-0.2, -0.15) is 0 Å². The zero-order chi connectivity index (χ0) is 12.1. The molecule has 0 amide bonds. The normalized spacial score (nSPS) is 33.0. The second-order valence-corrected chi connectivity index (χ2v) is 6.37. The van der Waals surface area contributed by atoms with Crippen molar-refractivity contribution in [2.45, 2.75) is 72.3 Å². The molecule has 16 heavy (non-hydrogen) atoms. The summed E-state index contributed by atoms with van der Waals surface area (Å²) in [4.78, 5) is 0. The fourth-order valence-corrected chi connectivity index (χ4v) is 3.33. The maximum Gasteiger partial charge on any atom is 0.00674 e. The van der Waals surface area contributed by atoms with E-state index < -0.39 is 0 Å². The van der Waals surface area contributed by atoms with Gasteiger partial charge in [0.25, 0.3) is 0 Å². The molecule has 1 heteroatoms. The summed E-state index contributed by atoms with van der Waals surface area (Å²) in [6.07, 6.45) is 8.04. The third-order valence-corrected chi connectivity index (χ3v) is 4.51. The molecule has 0 heterocycles. The Morgan fingerprint density at radius 1 is 1.19 bits per heavy atom. The highest BCUT2D eigenvalue weighted by molar-refractivity contribution is 4.84. The lowest BCUT2D eigenvalue weighted by atomic mass is 9.71. The molecule has 4 unspecified atom stereocenters. The zero-order valence-corrected chi connectivity index (χ0v) is 11.7. The Bertz CT molecular complexity index is 188. The molecule has 1 aliphatic rings. The van der Waals surface area contributed by atoms with Gasteiger partial charge in [-0.25, -0.2) is 0 Å². The predicted molar refractivity (Wildman–Crippen MR) is 72.3 cm³/mol. The molecule has 0 saturated heterocycles. The topological polar surface area (TPSA) is 26.0 Å². The van der Waals surface area contributed by atoms with Crippen molar-refractivity contribution in [2.24, 2.45) is 29.4 Å². The largest absolute Gasteiger partial charge is 0.327 e. The van der Waals surface area contributed by atoms with Crippen molar-refractivity contribution in [2.75, 3.05) is 0 Å². The van der Waals surface area contributed by atoms with Crippen LogP contribution < -0.4 is 5.73 Å². The van der Waals surface area contributed by atoms with E-state index in [0.29, 0.717) is 6.04 Å². The lowest BCUT2D eigenvalue weighted by Gasteiger charge is -2.37. The Morgan fingerprint density at radius 2 is 1.88 bits per heavy atom. The minimum atomic E-state index is 0.481. The summed E-state index contributed by atoms with van der Waals surface area (Å²) in [5, 5.41) is 0. The quantitative estimate of drug-likeness (QED) is 0.745. The third-order valence-electron chi connectivity index (χ3n) is 4.51. The minimum absolute atomic E-state index is 0.481. The second-order valence-electron chi connectivity index (χ2n) is 6.37. The van der Waals surface area contributed by atoms with Crippen molar-refractivity contribution in [3.05, 3.63) is 0 Å². The van der Waals surface area contributed by atoms with Crippen molar-refractivity contribution >= 4 is 0 Å². The maximum atomic E-state index is 6.29. The Balaban J connectivity index is 2.43. The van der Waals surface area contributed by atoms with Gasteiger partial charge in [0.05, 0.1) is 0 Å². The van der Waals surface area contributed by atoms with Crippen LogP contribution in [-0.4, -0.2) is 6.04 Å². The van der Waals surface area contributed by atoms with Gasteiger partial charge in [0.2, 0.25) is 0 Å². The molecule has 0 radical (unpaired) electrons. The van der Waals surface area contributed by atoms with Crippen LogP contribution in [-0.2, 0) is 0 Å². The van der Waals surface area contributed by atoms with Gasteiger partial charge >= 0.3 is 0 Å². The fraction of sp³-hybridized carbons (Fsp3) is 1.00. The molecule has 0 aromatic rings. The molecule has 1 fully saturated rings. The number of rotatable bonds is 5. The summed E-state index contributed by atoms with van der Waals surface area (Å²) >= 11 is 0. The van der Waals surface area contributed by atoms with Gasteiger partial charge in [0, 0.05) is 6.04 Å². The van der Waals surface area contributed by atoms with Crippen LogP contribution in [0.2, 0.25) is 0 Å². The minimum Gasteiger partial charge on any atom is -0.327 e. The molecule has 1 rings (SSSR count). The highest BCUT2D eigenvalue weighted by atomic mass is 14.7. The number of hydrogen-bond acceptors (Lipinski definition) is 1. The Kier molecular flexibility index (Phi) is 5.82. The van der Waals surface area contributed by atoms with E-state index in [1.807, 2.05) is 0 Å². The smallest absolute Gasteiger partial charge is 0.00674 e. The van der Waals surface area contributed by atoms with Crippen LogP contribution in [0, 0.1) is 23.7 Å². The van der Waals surface area contributed by atoms with E-state index >= 15 is 0 Å². The SMILES string of the molecule is CCCC(C)CC1CC(C(C)C)CCC1N. The van der Waals surface area contributed by atoms with E-state index in [0.717, 1.165) is 23.7 Å². The van der Waals surface area contributed by atoms with Crippen molar-refractivity contribution in [1.82, 2.24) is 0 Å². The van der Waals surface area contributed by atoms with E-state index in [2.05, 4.69) is 27.7 Å². The summed E-state index contributed by atoms with van der Waals surface area (Å²) in [5.74, 6) is 3.43. The van der Waals surface area contributed by atoms with E-state index in [4.69, 9.17) is 5.73 Å². The van der Waals surface area contributed by atoms with E-state index in [9.17, 15) is 0 Å². The molecule has 0 aliphatic heterocycles. The molecule has 0 aromatic carbocycles. The van der Waals surface area contributed by atoms with Crippen LogP contribution >= 0.6 is 0 Å². The molecule has 2 N–H and O–H groups in total. The number of nitrogens with two attached hydrogens (primary N) is 1. The van der Waals surface area contributed by atoms with Gasteiger partial charge in [0.15, 0.2) is 0 Å². The van der Waals surface area contributed by atoms with Crippen molar-refractivity contribution in [1.29, 1.82) is 0 Å². The van der Waals surface area contributed by atoms with Crippen molar-refractivity contribution < 1.29 is 0 Å². The van der Waals surface area contributed by atoms with Gasteiger partial charge in [-0.3, -0.25) is 0 Å². The molecule has 96 valence electrons. The summed E-state index contributed by atoms with van der Waals surface area (Å²) in [5.41, 5.74) is 6.29. The Labute approximate surface area is 102 Å². The summed E-state index contributed by atoms with van der Waals surface area (Å²) in [6.45, 7) is 9.42. The van der Waals surface area contributed by atoms with Crippen LogP contribution in [0.25, 0.3) is 0 Å². The zero-order valence-electron chi connectivity index (χ0n) is 11.7. The first-order valence-corrected chi connectivity index (χ1v) is 7.30. The van der Waals surface area contributed by atoms with E-state index in [1.165, 1.54) is 38.5 Å². The average Bonchev–Trinajstić information content (AvgIpc) is 2.21. The monoisotopic (exact) mass is 225 g/mol. The van der Waals surface area contributed by atoms with Crippen molar-refractivity contribution in [3.8, 4) is 0 Å². The van der Waals surface area contributed by atoms with Gasteiger partial charge < -0.3 is 5.73 Å². The van der Waals surface area contributed by atoms with Crippen LogP contribution in [0.15, 0.2) is 0 Å². The standard InChI is InChI=1S/C15H31N/c1-5-6-12(4)9-14-10-13(11(2)3)7-8-15(14)16/h11-15H,5-10,16H2,1-4H3. The first-order chi connectivity index (χ1) is 7.54. The molecular weight excluding hydrogens is 194 g/mol. The summed E-state index contributed by atoms with van der Waals surface area (Å²) in [6, 6.07) is 0.481. The van der Waals surface area contributed by atoms with Crippen LogP contribution in [0.4, 0.5) is 0 Å². The molecule has 0 spiro atoms. The highest BCUT2D eigenvalue weighted by Gasteiger charge is 2.30. The van der Waals surface area contributed by atoms with Crippen LogP contribution in [0.1, 0.15) is 66.2 Å². The number of hydrogen-bond donors (Lipinski definition) is 1. The molecule has 0 bridgehead atoms. The lowest BCUT2D eigenvalue weighted by molar-refractivity contribution is 0.166. The summed E-state index contributed by atoms with van der Waals surface area (Å²) in [7, 11) is 0. The molecular formula is C15H31N. The van der Waals surface area contributed by atoms with Gasteiger partial charge in [-0.1, -0.05) is 40.5 Å². The maximum absolute atomic E-state index is 6.29. The molecule has 4 atom stereocenters. The predicted octanol–water partition coefficient (Wildman–Crippen LogP) is 4.21. The highest BCUT2D eigenvalue weighted by Crippen LogP contribution is 2.36. The molecule has 1 saturated carbocycles. The first-order valence-electron chi connectivity index (χ1n) is 7.30. The van der Waals surface area contributed by atoms with Gasteiger partial charge in [-0.05, 0) is 49.4 Å². The first kappa shape index (κ1) is 14.0.